The van der Waals surface area contributed by atoms with Gasteiger partial charge in [-0.05, 0) is 77.7 Å². The molecule has 56 heavy (non-hydrogen) atoms. The highest BCUT2D eigenvalue weighted by atomic mass is 35.5. The summed E-state index contributed by atoms with van der Waals surface area (Å²) in [4.78, 5) is 33.7. The van der Waals surface area contributed by atoms with Gasteiger partial charge in [-0.25, -0.2) is 18.6 Å². The number of halogens is 3. The fraction of sp³-hybridized carbons (Fsp3) is 0.548. The van der Waals surface area contributed by atoms with Crippen molar-refractivity contribution in [3.63, 3.8) is 0 Å². The van der Waals surface area contributed by atoms with Crippen molar-refractivity contribution in [2.24, 2.45) is 0 Å². The lowest BCUT2D eigenvalue weighted by Crippen LogP contribution is -2.53. The molecule has 1 aliphatic carbocycles. The van der Waals surface area contributed by atoms with Gasteiger partial charge in [0.1, 0.15) is 22.8 Å². The number of hydrogen-bond acceptors (Lipinski definition) is 9. The second kappa shape index (κ2) is 15.4. The number of hydrogen-bond donors (Lipinski definition) is 1. The molecule has 3 aromatic rings. The molecule has 8 rings (SSSR count). The van der Waals surface area contributed by atoms with Crippen LogP contribution in [0.1, 0.15) is 93.6 Å². The molecule has 3 saturated heterocycles. The Balaban J connectivity index is 1.22. The van der Waals surface area contributed by atoms with E-state index < -0.39 is 46.5 Å². The Bertz CT molecular complexity index is 1960. The maximum absolute atomic E-state index is 17.4. The molecule has 5 aliphatic rings. The zero-order valence-electron chi connectivity index (χ0n) is 32.0. The molecule has 2 aromatic carbocycles. The summed E-state index contributed by atoms with van der Waals surface area (Å²) in [7, 11) is 0. The molecule has 4 aliphatic heterocycles. The van der Waals surface area contributed by atoms with Gasteiger partial charge >= 0.3 is 6.09 Å². The number of carbonyl (C=O) groups is 2. The van der Waals surface area contributed by atoms with E-state index in [2.05, 4.69) is 10.3 Å². The topological polar surface area (TPSA) is 118 Å². The maximum Gasteiger partial charge on any atom is 0.410 e. The molecule has 4 atom stereocenters. The standard InChI is InChI=1S/C42H48ClF2N3O8/c1-40(2,3)56-39(50)48-17-9-12-31(48)42(25-10-5-4-6-11-25)21-27-30(54-42)20-29(44)35(43)33(27)34-28(37(49)47-26-14-19-51-23-26)22-46-38(36(34)45)55-41(15-16-41)24-53-32-13-7-8-18-52-32/h4-6,10-11,20,22,26,31-32H,7-9,12-19,21,23-24H2,1-3H3,(H,47,49)/t26-,31+,32?,42+/m1/s1. The first-order chi connectivity index (χ1) is 26.9. The highest BCUT2D eigenvalue weighted by molar-refractivity contribution is 6.34. The van der Waals surface area contributed by atoms with Crippen LogP contribution in [0.2, 0.25) is 5.02 Å². The lowest BCUT2D eigenvalue weighted by atomic mass is 9.79. The second-order valence-corrected chi connectivity index (χ2v) is 16.9. The molecule has 1 saturated carbocycles. The number of fused-ring (bicyclic) bond motifs is 1. The summed E-state index contributed by atoms with van der Waals surface area (Å²) in [5.41, 5.74) is -2.18. The summed E-state index contributed by atoms with van der Waals surface area (Å²) in [6, 6.07) is 9.72. The van der Waals surface area contributed by atoms with Gasteiger partial charge in [0, 0.05) is 55.1 Å². The summed E-state index contributed by atoms with van der Waals surface area (Å²) in [5.74, 6) is -2.70. The minimum absolute atomic E-state index is 0.0458. The van der Waals surface area contributed by atoms with E-state index in [-0.39, 0.29) is 58.7 Å². The Morgan fingerprint density at radius 1 is 1.05 bits per heavy atom. The number of benzene rings is 2. The number of rotatable bonds is 10. The summed E-state index contributed by atoms with van der Waals surface area (Å²) < 4.78 is 69.8. The number of pyridine rings is 1. The average Bonchev–Trinajstić information content (AvgIpc) is 3.53. The van der Waals surface area contributed by atoms with E-state index in [1.807, 2.05) is 30.3 Å². The average molecular weight is 796 g/mol. The molecular weight excluding hydrogens is 748 g/mol. The van der Waals surface area contributed by atoms with Crippen LogP contribution in [0, 0.1) is 11.6 Å². The molecule has 1 N–H and O–H groups in total. The number of likely N-dealkylation sites (tertiary alicyclic amines) is 1. The van der Waals surface area contributed by atoms with Crippen LogP contribution in [0.3, 0.4) is 0 Å². The van der Waals surface area contributed by atoms with Crippen LogP contribution in [0.4, 0.5) is 13.6 Å². The Labute approximate surface area is 330 Å². The molecule has 2 amide bonds. The summed E-state index contributed by atoms with van der Waals surface area (Å²) in [6.07, 6.45) is 6.17. The van der Waals surface area contributed by atoms with Gasteiger partial charge in [-0.1, -0.05) is 41.9 Å². The van der Waals surface area contributed by atoms with Gasteiger partial charge in [0.25, 0.3) is 11.8 Å². The van der Waals surface area contributed by atoms with E-state index in [9.17, 15) is 9.59 Å². The zero-order valence-corrected chi connectivity index (χ0v) is 32.7. The van der Waals surface area contributed by atoms with Crippen LogP contribution in [0.25, 0.3) is 11.1 Å². The van der Waals surface area contributed by atoms with Crippen LogP contribution < -0.4 is 14.8 Å². The van der Waals surface area contributed by atoms with E-state index >= 15 is 8.78 Å². The highest BCUT2D eigenvalue weighted by Crippen LogP contribution is 2.54. The van der Waals surface area contributed by atoms with Crippen LogP contribution in [-0.2, 0) is 31.0 Å². The molecule has 4 fully saturated rings. The quantitative estimate of drug-likeness (QED) is 0.219. The summed E-state index contributed by atoms with van der Waals surface area (Å²) >= 11 is 6.89. The van der Waals surface area contributed by atoms with E-state index in [4.69, 9.17) is 40.0 Å². The van der Waals surface area contributed by atoms with Gasteiger partial charge in [-0.3, -0.25) is 4.79 Å². The van der Waals surface area contributed by atoms with Gasteiger partial charge in [-0.2, -0.15) is 0 Å². The molecule has 0 bridgehead atoms. The first-order valence-electron chi connectivity index (χ1n) is 19.6. The van der Waals surface area contributed by atoms with Gasteiger partial charge in [-0.15, -0.1) is 0 Å². The number of ether oxygens (including phenoxy) is 6. The Morgan fingerprint density at radius 2 is 1.86 bits per heavy atom. The zero-order chi connectivity index (χ0) is 39.2. The first kappa shape index (κ1) is 38.8. The predicted octanol–water partition coefficient (Wildman–Crippen LogP) is 7.88. The Morgan fingerprint density at radius 3 is 2.55 bits per heavy atom. The van der Waals surface area contributed by atoms with E-state index in [1.165, 1.54) is 12.3 Å². The number of aromatic nitrogens is 1. The van der Waals surface area contributed by atoms with Crippen molar-refractivity contribution in [2.75, 3.05) is 33.0 Å². The summed E-state index contributed by atoms with van der Waals surface area (Å²) in [6.45, 7) is 7.38. The summed E-state index contributed by atoms with van der Waals surface area (Å²) in [5, 5.41) is 2.53. The molecule has 300 valence electrons. The van der Waals surface area contributed by atoms with Crippen LogP contribution in [0.5, 0.6) is 11.6 Å². The third-order valence-electron chi connectivity index (χ3n) is 11.2. The monoisotopic (exact) mass is 795 g/mol. The number of amides is 2. The van der Waals surface area contributed by atoms with E-state index in [1.54, 1.807) is 25.7 Å². The van der Waals surface area contributed by atoms with Crippen molar-refractivity contribution in [3.8, 4) is 22.8 Å². The lowest BCUT2D eigenvalue weighted by Gasteiger charge is -2.40. The van der Waals surface area contributed by atoms with Gasteiger partial charge in [0.05, 0.1) is 35.9 Å². The maximum atomic E-state index is 17.4. The molecule has 0 spiro atoms. The number of nitrogens with one attached hydrogen (secondary N) is 1. The van der Waals surface area contributed by atoms with Crippen molar-refractivity contribution in [1.29, 1.82) is 0 Å². The smallest absolute Gasteiger partial charge is 0.410 e. The van der Waals surface area contributed by atoms with Crippen molar-refractivity contribution in [2.45, 2.75) is 114 Å². The Hall–Kier alpha value is -4.04. The van der Waals surface area contributed by atoms with E-state index in [0.717, 1.165) is 24.8 Å². The number of nitrogens with zero attached hydrogens (tertiary/aromatic N) is 2. The minimum Gasteiger partial charge on any atom is -0.480 e. The second-order valence-electron chi connectivity index (χ2n) is 16.5. The minimum atomic E-state index is -1.24. The fourth-order valence-electron chi connectivity index (χ4n) is 8.29. The van der Waals surface area contributed by atoms with Gasteiger partial charge in [0.15, 0.2) is 17.7 Å². The fourth-order valence-corrected chi connectivity index (χ4v) is 8.55. The predicted molar refractivity (Wildman–Crippen MR) is 202 cm³/mol. The molecule has 14 heteroatoms. The molecule has 0 radical (unpaired) electrons. The Kier molecular flexibility index (Phi) is 10.7. The van der Waals surface area contributed by atoms with Crippen molar-refractivity contribution >= 4 is 23.6 Å². The van der Waals surface area contributed by atoms with Crippen molar-refractivity contribution in [1.82, 2.24) is 15.2 Å². The molecule has 1 aromatic heterocycles. The van der Waals surface area contributed by atoms with Gasteiger partial charge < -0.3 is 38.6 Å². The van der Waals surface area contributed by atoms with Crippen molar-refractivity contribution < 1.29 is 46.8 Å². The highest BCUT2D eigenvalue weighted by Gasteiger charge is 2.55. The molecular formula is C42H48ClF2N3O8. The van der Waals surface area contributed by atoms with Crippen LogP contribution >= 0.6 is 11.6 Å². The van der Waals surface area contributed by atoms with Crippen LogP contribution in [-0.4, -0.2) is 84.4 Å². The lowest BCUT2D eigenvalue weighted by molar-refractivity contribution is -0.176. The largest absolute Gasteiger partial charge is 0.480 e. The van der Waals surface area contributed by atoms with Gasteiger partial charge in [0.2, 0.25) is 0 Å². The SMILES string of the molecule is CC(C)(C)OC(=O)N1CCC[C@H]1[C@@]1(c2ccccc2)Cc2c(cc(F)c(Cl)c2-c2c(C(=O)N[C@@H]3CCOC3)cnc(OC3(COC4CCCCO4)CC3)c2F)O1. The molecule has 11 nitrogen and oxygen atoms in total. The third kappa shape index (κ3) is 7.67. The first-order valence-corrected chi connectivity index (χ1v) is 20.0. The van der Waals surface area contributed by atoms with E-state index in [0.29, 0.717) is 64.0 Å². The van der Waals surface area contributed by atoms with Crippen molar-refractivity contribution in [3.05, 3.63) is 75.9 Å². The van der Waals surface area contributed by atoms with Crippen LogP contribution in [0.15, 0.2) is 42.6 Å². The molecule has 5 heterocycles. The number of carbonyl (C=O) groups excluding carboxylic acids is 2. The third-order valence-corrected chi connectivity index (χ3v) is 11.6. The molecule has 1 unspecified atom stereocenters. The normalized spacial score (nSPS) is 25.4.